The number of esters is 1. The SMILES string of the molecule is O=C(OC(SC(=O)c1ccccc1)c1ccccc1)c1ccccc1. The molecule has 0 saturated carbocycles. The molecule has 25 heavy (non-hydrogen) atoms. The molecule has 1 atom stereocenters. The maximum atomic E-state index is 12.5. The number of hydrogen-bond acceptors (Lipinski definition) is 4. The van der Waals surface area contributed by atoms with E-state index in [2.05, 4.69) is 0 Å². The van der Waals surface area contributed by atoms with E-state index in [1.165, 1.54) is 0 Å². The molecule has 0 amide bonds. The van der Waals surface area contributed by atoms with Gasteiger partial charge < -0.3 is 4.74 Å². The van der Waals surface area contributed by atoms with E-state index in [4.69, 9.17) is 4.74 Å². The second-order valence-corrected chi connectivity index (χ2v) is 6.32. The van der Waals surface area contributed by atoms with Crippen LogP contribution in [0.3, 0.4) is 0 Å². The minimum Gasteiger partial charge on any atom is -0.442 e. The Balaban J connectivity index is 1.81. The van der Waals surface area contributed by atoms with Gasteiger partial charge in [-0.25, -0.2) is 4.79 Å². The van der Waals surface area contributed by atoms with E-state index in [1.54, 1.807) is 48.5 Å². The van der Waals surface area contributed by atoms with Gasteiger partial charge in [-0.05, 0) is 23.9 Å². The van der Waals surface area contributed by atoms with Crippen molar-refractivity contribution in [3.63, 3.8) is 0 Å². The summed E-state index contributed by atoms with van der Waals surface area (Å²) in [5, 5.41) is -0.143. The van der Waals surface area contributed by atoms with Crippen molar-refractivity contribution >= 4 is 22.8 Å². The summed E-state index contributed by atoms with van der Waals surface area (Å²) in [7, 11) is 0. The van der Waals surface area contributed by atoms with Crippen LogP contribution in [-0.2, 0) is 4.74 Å². The molecular weight excluding hydrogens is 332 g/mol. The van der Waals surface area contributed by atoms with Crippen molar-refractivity contribution in [1.82, 2.24) is 0 Å². The van der Waals surface area contributed by atoms with Crippen LogP contribution in [0.25, 0.3) is 0 Å². The molecule has 0 saturated heterocycles. The summed E-state index contributed by atoms with van der Waals surface area (Å²) in [4.78, 5) is 24.9. The van der Waals surface area contributed by atoms with E-state index >= 15 is 0 Å². The molecular formula is C21H16O3S. The highest BCUT2D eigenvalue weighted by Crippen LogP contribution is 2.33. The number of hydrogen-bond donors (Lipinski definition) is 0. The van der Waals surface area contributed by atoms with Crippen LogP contribution in [0, 0.1) is 0 Å². The van der Waals surface area contributed by atoms with Crippen LogP contribution in [0.1, 0.15) is 31.7 Å². The van der Waals surface area contributed by atoms with Crippen LogP contribution in [0.5, 0.6) is 0 Å². The van der Waals surface area contributed by atoms with Crippen LogP contribution in [0.15, 0.2) is 91.0 Å². The van der Waals surface area contributed by atoms with Crippen molar-refractivity contribution in [2.45, 2.75) is 5.44 Å². The topological polar surface area (TPSA) is 43.4 Å². The molecule has 0 aromatic heterocycles. The summed E-state index contributed by atoms with van der Waals surface area (Å²) in [6.45, 7) is 0. The Hall–Kier alpha value is -2.85. The molecule has 0 heterocycles. The van der Waals surface area contributed by atoms with E-state index in [0.29, 0.717) is 11.1 Å². The second kappa shape index (κ2) is 8.31. The third-order valence-electron chi connectivity index (χ3n) is 3.52. The van der Waals surface area contributed by atoms with Gasteiger partial charge >= 0.3 is 5.97 Å². The normalized spacial score (nSPS) is 11.5. The third-order valence-corrected chi connectivity index (χ3v) is 4.55. The van der Waals surface area contributed by atoms with Gasteiger partial charge in [0.25, 0.3) is 0 Å². The van der Waals surface area contributed by atoms with Gasteiger partial charge in [-0.3, -0.25) is 4.79 Å². The number of thioether (sulfide) groups is 1. The average Bonchev–Trinajstić information content (AvgIpc) is 2.69. The number of carbonyl (C=O) groups is 2. The van der Waals surface area contributed by atoms with Gasteiger partial charge in [-0.1, -0.05) is 78.9 Å². The first-order chi connectivity index (χ1) is 12.2. The Morgan fingerprint density at radius 2 is 1.16 bits per heavy atom. The number of ether oxygens (including phenoxy) is 1. The molecule has 0 fully saturated rings. The lowest BCUT2D eigenvalue weighted by Gasteiger charge is -2.17. The second-order valence-electron chi connectivity index (χ2n) is 5.29. The largest absolute Gasteiger partial charge is 0.442 e. The molecule has 3 nitrogen and oxygen atoms in total. The highest BCUT2D eigenvalue weighted by molar-refractivity contribution is 8.14. The molecule has 0 bridgehead atoms. The van der Waals surface area contributed by atoms with Crippen LogP contribution in [0.2, 0.25) is 0 Å². The summed E-state index contributed by atoms with van der Waals surface area (Å²) < 4.78 is 5.62. The Morgan fingerprint density at radius 1 is 0.680 bits per heavy atom. The average molecular weight is 348 g/mol. The van der Waals surface area contributed by atoms with Gasteiger partial charge in [-0.15, -0.1) is 0 Å². The van der Waals surface area contributed by atoms with Crippen molar-refractivity contribution in [3.05, 3.63) is 108 Å². The molecule has 0 radical (unpaired) electrons. The number of rotatable bonds is 5. The van der Waals surface area contributed by atoms with E-state index in [-0.39, 0.29) is 5.12 Å². The van der Waals surface area contributed by atoms with E-state index in [1.807, 2.05) is 42.5 Å². The summed E-state index contributed by atoms with van der Waals surface area (Å²) in [6.07, 6.45) is 0. The molecule has 0 aliphatic rings. The molecule has 0 aliphatic heterocycles. The summed E-state index contributed by atoms with van der Waals surface area (Å²) in [6, 6.07) is 27.0. The standard InChI is InChI=1S/C21H16O3S/c22-19(16-10-4-1-5-11-16)24-21(18-14-8-3-9-15-18)25-20(23)17-12-6-2-7-13-17/h1-15,21H. The monoisotopic (exact) mass is 348 g/mol. The Kier molecular flexibility index (Phi) is 5.65. The summed E-state index contributed by atoms with van der Waals surface area (Å²) in [5.41, 5.74) is 1.09. The van der Waals surface area contributed by atoms with E-state index in [0.717, 1.165) is 17.3 Å². The number of benzene rings is 3. The van der Waals surface area contributed by atoms with Crippen molar-refractivity contribution in [2.75, 3.05) is 0 Å². The summed E-state index contributed by atoms with van der Waals surface area (Å²) >= 11 is 0.992. The molecule has 0 spiro atoms. The van der Waals surface area contributed by atoms with Gasteiger partial charge in [0, 0.05) is 11.1 Å². The molecule has 3 rings (SSSR count). The lowest BCUT2D eigenvalue weighted by molar-refractivity contribution is 0.0457. The van der Waals surface area contributed by atoms with Gasteiger partial charge in [0.1, 0.15) is 0 Å². The number of carbonyl (C=O) groups excluding carboxylic acids is 2. The van der Waals surface area contributed by atoms with Gasteiger partial charge in [0.05, 0.1) is 5.56 Å². The van der Waals surface area contributed by atoms with Gasteiger partial charge in [0.15, 0.2) is 5.44 Å². The fraction of sp³-hybridized carbons (Fsp3) is 0.0476. The fourth-order valence-electron chi connectivity index (χ4n) is 2.25. The Morgan fingerprint density at radius 3 is 1.72 bits per heavy atom. The highest BCUT2D eigenvalue weighted by atomic mass is 32.2. The quantitative estimate of drug-likeness (QED) is 0.474. The maximum absolute atomic E-state index is 12.5. The first kappa shape index (κ1) is 17.0. The van der Waals surface area contributed by atoms with E-state index < -0.39 is 11.4 Å². The molecule has 0 N–H and O–H groups in total. The van der Waals surface area contributed by atoms with Crippen LogP contribution >= 0.6 is 11.8 Å². The maximum Gasteiger partial charge on any atom is 0.339 e. The first-order valence-electron chi connectivity index (χ1n) is 7.81. The zero-order valence-corrected chi connectivity index (χ0v) is 14.2. The molecule has 3 aromatic carbocycles. The zero-order valence-electron chi connectivity index (χ0n) is 13.4. The minimum atomic E-state index is -0.707. The highest BCUT2D eigenvalue weighted by Gasteiger charge is 2.22. The van der Waals surface area contributed by atoms with Crippen LogP contribution in [-0.4, -0.2) is 11.1 Å². The molecule has 3 aromatic rings. The molecule has 0 aliphatic carbocycles. The zero-order chi connectivity index (χ0) is 17.5. The van der Waals surface area contributed by atoms with Crippen molar-refractivity contribution in [1.29, 1.82) is 0 Å². The predicted molar refractivity (Wildman–Crippen MR) is 99.4 cm³/mol. The van der Waals surface area contributed by atoms with Gasteiger partial charge in [-0.2, -0.15) is 0 Å². The van der Waals surface area contributed by atoms with Crippen LogP contribution in [0.4, 0.5) is 0 Å². The predicted octanol–water partition coefficient (Wildman–Crippen LogP) is 5.12. The summed E-state index contributed by atoms with van der Waals surface area (Å²) in [5.74, 6) is -0.456. The Labute approximate surface area is 150 Å². The Bertz CT molecular complexity index is 779. The smallest absolute Gasteiger partial charge is 0.339 e. The van der Waals surface area contributed by atoms with Gasteiger partial charge in [0.2, 0.25) is 5.12 Å². The lowest BCUT2D eigenvalue weighted by Crippen LogP contribution is -2.11. The molecule has 1 unspecified atom stereocenters. The first-order valence-corrected chi connectivity index (χ1v) is 8.69. The van der Waals surface area contributed by atoms with E-state index in [9.17, 15) is 9.59 Å². The van der Waals surface area contributed by atoms with Crippen molar-refractivity contribution in [3.8, 4) is 0 Å². The lowest BCUT2D eigenvalue weighted by atomic mass is 10.2. The minimum absolute atomic E-state index is 0.143. The molecule has 124 valence electrons. The fourth-order valence-corrected chi connectivity index (χ4v) is 3.14. The third kappa shape index (κ3) is 4.58. The molecule has 4 heteroatoms. The van der Waals surface area contributed by atoms with Crippen LogP contribution < -0.4 is 0 Å². The van der Waals surface area contributed by atoms with Crippen molar-refractivity contribution in [2.24, 2.45) is 0 Å². The van der Waals surface area contributed by atoms with Crippen molar-refractivity contribution < 1.29 is 14.3 Å².